The second kappa shape index (κ2) is 10.7. The van der Waals surface area contributed by atoms with E-state index in [9.17, 15) is 13.2 Å². The Kier molecular flexibility index (Phi) is 7.88. The topological polar surface area (TPSA) is 87.5 Å². The summed E-state index contributed by atoms with van der Waals surface area (Å²) in [5.74, 6) is 0.773. The molecule has 0 radical (unpaired) electrons. The Bertz CT molecular complexity index is 1050. The first-order chi connectivity index (χ1) is 15.8. The molecule has 8 nitrogen and oxygen atoms in total. The van der Waals surface area contributed by atoms with Crippen molar-refractivity contribution in [3.63, 3.8) is 0 Å². The molecule has 2 aromatic heterocycles. The molecule has 2 saturated heterocycles. The maximum absolute atomic E-state index is 13.1. The van der Waals surface area contributed by atoms with Gasteiger partial charge in [0.1, 0.15) is 16.4 Å². The van der Waals surface area contributed by atoms with Crippen molar-refractivity contribution in [1.82, 2.24) is 24.1 Å². The number of carbonyl (C=O) groups is 1. The second-order valence-electron chi connectivity index (χ2n) is 9.35. The Balaban J connectivity index is 1.48. The highest BCUT2D eigenvalue weighted by atomic mass is 32.2. The number of nitrogens with one attached hydrogen (secondary N) is 1. The van der Waals surface area contributed by atoms with Crippen LogP contribution in [0.25, 0.3) is 10.7 Å². The Morgan fingerprint density at radius 1 is 1.18 bits per heavy atom. The number of rotatable bonds is 8. The van der Waals surface area contributed by atoms with Crippen molar-refractivity contribution >= 4 is 27.3 Å². The number of aryl methyl sites for hydroxylation is 1. The highest BCUT2D eigenvalue weighted by Crippen LogP contribution is 2.28. The molecule has 4 rings (SSSR count). The summed E-state index contributed by atoms with van der Waals surface area (Å²) in [5.41, 5.74) is 1.55. The van der Waals surface area contributed by atoms with Gasteiger partial charge in [0, 0.05) is 43.4 Å². The van der Waals surface area contributed by atoms with Crippen molar-refractivity contribution in [2.45, 2.75) is 57.4 Å². The minimum absolute atomic E-state index is 0.0241. The van der Waals surface area contributed by atoms with E-state index in [1.165, 1.54) is 11.3 Å². The highest BCUT2D eigenvalue weighted by molar-refractivity contribution is 7.89. The van der Waals surface area contributed by atoms with E-state index in [0.717, 1.165) is 74.9 Å². The van der Waals surface area contributed by atoms with Crippen molar-refractivity contribution in [3.8, 4) is 10.7 Å². The zero-order valence-corrected chi connectivity index (χ0v) is 21.3. The SMILES string of the molecule is Cc1csc(-c2cc(S(=O)(=O)NCCN3CCC(C)CC3)cn2CC(=O)N2CCCCC2)n1. The minimum atomic E-state index is -3.68. The van der Waals surface area contributed by atoms with Gasteiger partial charge in [0.05, 0.1) is 5.69 Å². The zero-order chi connectivity index (χ0) is 23.4. The molecule has 0 unspecified atom stereocenters. The van der Waals surface area contributed by atoms with Crippen LogP contribution in [0.1, 0.15) is 44.7 Å². The fourth-order valence-electron chi connectivity index (χ4n) is 4.51. The maximum atomic E-state index is 13.1. The molecule has 0 spiro atoms. The number of thiazole rings is 1. The highest BCUT2D eigenvalue weighted by Gasteiger charge is 2.24. The van der Waals surface area contributed by atoms with Crippen molar-refractivity contribution in [3.05, 3.63) is 23.3 Å². The van der Waals surface area contributed by atoms with E-state index in [0.29, 0.717) is 18.8 Å². The van der Waals surface area contributed by atoms with E-state index >= 15 is 0 Å². The number of likely N-dealkylation sites (tertiary alicyclic amines) is 2. The summed E-state index contributed by atoms with van der Waals surface area (Å²) < 4.78 is 30.6. The smallest absolute Gasteiger partial charge is 0.242 e. The summed E-state index contributed by atoms with van der Waals surface area (Å²) in [5, 5.41) is 2.66. The van der Waals surface area contributed by atoms with Crippen molar-refractivity contribution in [2.24, 2.45) is 5.92 Å². The van der Waals surface area contributed by atoms with E-state index in [2.05, 4.69) is 21.5 Å². The number of carbonyl (C=O) groups excluding carboxylic acids is 1. The Morgan fingerprint density at radius 2 is 1.91 bits per heavy atom. The van der Waals surface area contributed by atoms with Crippen LogP contribution in [0.15, 0.2) is 22.5 Å². The van der Waals surface area contributed by atoms with Gasteiger partial charge in [-0.25, -0.2) is 18.1 Å². The molecule has 0 aliphatic carbocycles. The molecule has 0 aromatic carbocycles. The summed E-state index contributed by atoms with van der Waals surface area (Å²) in [6.45, 7) is 8.96. The van der Waals surface area contributed by atoms with Crippen molar-refractivity contribution in [2.75, 3.05) is 39.3 Å². The summed E-state index contributed by atoms with van der Waals surface area (Å²) >= 11 is 1.46. The van der Waals surface area contributed by atoms with Crippen LogP contribution in [0.3, 0.4) is 0 Å². The van der Waals surface area contributed by atoms with Gasteiger partial charge in [0.2, 0.25) is 15.9 Å². The molecular formula is C23H35N5O3S2. The van der Waals surface area contributed by atoms with Gasteiger partial charge in [-0.1, -0.05) is 6.92 Å². The van der Waals surface area contributed by atoms with Crippen LogP contribution in [-0.4, -0.2) is 72.9 Å². The quantitative estimate of drug-likeness (QED) is 0.611. The third-order valence-corrected chi connectivity index (χ3v) is 9.04. The molecular weight excluding hydrogens is 458 g/mol. The molecule has 2 aliphatic rings. The number of nitrogens with zero attached hydrogens (tertiary/aromatic N) is 4. The fraction of sp³-hybridized carbons (Fsp3) is 0.652. The first-order valence-electron chi connectivity index (χ1n) is 11.9. The number of hydrogen-bond acceptors (Lipinski definition) is 6. The molecule has 182 valence electrons. The normalized spacial score (nSPS) is 18.7. The largest absolute Gasteiger partial charge is 0.341 e. The lowest BCUT2D eigenvalue weighted by molar-refractivity contribution is -0.132. The number of amides is 1. The fourth-order valence-corrected chi connectivity index (χ4v) is 6.40. The zero-order valence-electron chi connectivity index (χ0n) is 19.6. The van der Waals surface area contributed by atoms with E-state index in [1.807, 2.05) is 17.2 Å². The molecule has 4 heterocycles. The summed E-state index contributed by atoms with van der Waals surface area (Å²) in [6.07, 6.45) is 7.11. The Labute approximate surface area is 201 Å². The molecule has 1 N–H and O–H groups in total. The summed E-state index contributed by atoms with van der Waals surface area (Å²) in [6, 6.07) is 1.65. The van der Waals surface area contributed by atoms with Crippen molar-refractivity contribution < 1.29 is 13.2 Å². The minimum Gasteiger partial charge on any atom is -0.341 e. The molecule has 2 fully saturated rings. The van der Waals surface area contributed by atoms with Gasteiger partial charge >= 0.3 is 0 Å². The number of sulfonamides is 1. The van der Waals surface area contributed by atoms with E-state index < -0.39 is 10.0 Å². The van der Waals surface area contributed by atoms with E-state index in [1.54, 1.807) is 16.8 Å². The van der Waals surface area contributed by atoms with Gasteiger partial charge in [-0.15, -0.1) is 11.3 Å². The number of hydrogen-bond donors (Lipinski definition) is 1. The number of piperidine rings is 2. The third-order valence-electron chi connectivity index (χ3n) is 6.63. The first-order valence-corrected chi connectivity index (χ1v) is 14.3. The van der Waals surface area contributed by atoms with Gasteiger partial charge < -0.3 is 14.4 Å². The number of aromatic nitrogens is 2. The van der Waals surface area contributed by atoms with Crippen LogP contribution in [-0.2, 0) is 21.4 Å². The molecule has 0 saturated carbocycles. The third kappa shape index (κ3) is 6.23. The second-order valence-corrected chi connectivity index (χ2v) is 12.0. The lowest BCUT2D eigenvalue weighted by Gasteiger charge is -2.30. The average Bonchev–Trinajstić information content (AvgIpc) is 3.42. The van der Waals surface area contributed by atoms with Gasteiger partial charge in [0.15, 0.2) is 0 Å². The molecule has 2 aromatic rings. The van der Waals surface area contributed by atoms with Crippen molar-refractivity contribution in [1.29, 1.82) is 0 Å². The van der Waals surface area contributed by atoms with Gasteiger partial charge in [0.25, 0.3) is 0 Å². The average molecular weight is 494 g/mol. The Morgan fingerprint density at radius 3 is 2.58 bits per heavy atom. The molecule has 10 heteroatoms. The summed E-state index contributed by atoms with van der Waals surface area (Å²) in [4.78, 5) is 21.8. The van der Waals surface area contributed by atoms with Gasteiger partial charge in [-0.2, -0.15) is 0 Å². The van der Waals surface area contributed by atoms with Crippen LogP contribution < -0.4 is 4.72 Å². The molecule has 0 bridgehead atoms. The molecule has 2 aliphatic heterocycles. The van der Waals surface area contributed by atoms with Crippen LogP contribution >= 0.6 is 11.3 Å². The van der Waals surface area contributed by atoms with E-state index in [-0.39, 0.29) is 17.3 Å². The van der Waals surface area contributed by atoms with Gasteiger partial charge in [-0.05, 0) is 64.1 Å². The first kappa shape index (κ1) is 24.4. The molecule has 0 atom stereocenters. The maximum Gasteiger partial charge on any atom is 0.242 e. The van der Waals surface area contributed by atoms with Crippen LogP contribution in [0.2, 0.25) is 0 Å². The molecule has 1 amide bonds. The lowest BCUT2D eigenvalue weighted by Crippen LogP contribution is -2.39. The summed E-state index contributed by atoms with van der Waals surface area (Å²) in [7, 11) is -3.68. The van der Waals surface area contributed by atoms with Crippen LogP contribution in [0.4, 0.5) is 0 Å². The lowest BCUT2D eigenvalue weighted by atomic mass is 9.99. The monoisotopic (exact) mass is 493 g/mol. The van der Waals surface area contributed by atoms with E-state index in [4.69, 9.17) is 0 Å². The Hall–Kier alpha value is -1.75. The standard InChI is InChI=1S/C23H35N5O3S2/c1-18-6-11-26(12-7-18)13-8-24-33(30,31)20-14-21(23-25-19(2)17-32-23)28(15-20)16-22(29)27-9-4-3-5-10-27/h14-15,17-18,24H,3-13,16H2,1-2H3. The predicted octanol–water partition coefficient (Wildman–Crippen LogP) is 2.94. The van der Waals surface area contributed by atoms with Crippen LogP contribution in [0, 0.1) is 12.8 Å². The van der Waals surface area contributed by atoms with Crippen LogP contribution in [0.5, 0.6) is 0 Å². The predicted molar refractivity (Wildman–Crippen MR) is 131 cm³/mol. The van der Waals surface area contributed by atoms with Gasteiger partial charge in [-0.3, -0.25) is 4.79 Å². The molecule has 33 heavy (non-hydrogen) atoms.